The molecule has 2 aromatic carbocycles. The maximum atomic E-state index is 5.60. The van der Waals surface area contributed by atoms with E-state index < -0.39 is 25.3 Å². The number of hydrogen-bond acceptors (Lipinski definition) is 1. The summed E-state index contributed by atoms with van der Waals surface area (Å²) >= 11 is -0.556. The first-order valence-electron chi connectivity index (χ1n) is 14.5. The fourth-order valence-corrected chi connectivity index (χ4v) is 13.4. The van der Waals surface area contributed by atoms with Gasteiger partial charge in [0.25, 0.3) is 0 Å². The number of fused-ring (bicyclic) bond motifs is 5. The van der Waals surface area contributed by atoms with Gasteiger partial charge < -0.3 is 17.3 Å². The predicted octanol–water partition coefficient (Wildman–Crippen LogP) is 10.1. The fraction of sp³-hybridized carbons (Fsp3) is 0.343. The number of hydrogen-bond donors (Lipinski definition) is 0. The Kier molecular flexibility index (Phi) is 9.88. The minimum atomic E-state index is -1.94. The summed E-state index contributed by atoms with van der Waals surface area (Å²) in [6, 6.07) is 16.1. The van der Waals surface area contributed by atoms with E-state index in [1.807, 2.05) is 0 Å². The quantitative estimate of drug-likeness (QED) is 0.242. The van der Waals surface area contributed by atoms with Crippen LogP contribution in [0.25, 0.3) is 21.7 Å². The van der Waals surface area contributed by atoms with Crippen LogP contribution in [0, 0.1) is 31.1 Å². The second-order valence-corrected chi connectivity index (χ2v) is 19.1. The number of allylic oxidation sites excluding steroid dienone is 10. The standard InChI is InChI=1S/C34H37N2Si.CH3.2ClH.Ti/c1-4-32-35-33-28(25-20-11-14-23-13-5-6-15-24(23)25)21-12-22-31(33)36(32)37(2,3)34-29-18-9-7-16-26(29)27-17-8-10-19-30(27)34;;;;/h5-22,26-27,29-34H,4H2,1-3H3;1H3;2*1H;/q2*-1;;;+2/p-2/t26?,27?,29?,30?,31-,32+,33?,34?;;;;/m1..../s1. The zero-order chi connectivity index (χ0) is 27.9. The molecule has 6 heteroatoms. The van der Waals surface area contributed by atoms with Crippen molar-refractivity contribution in [1.29, 1.82) is 0 Å². The van der Waals surface area contributed by atoms with E-state index in [4.69, 9.17) is 23.9 Å². The summed E-state index contributed by atoms with van der Waals surface area (Å²) in [7, 11) is 7.84. The first-order valence-corrected chi connectivity index (χ1v) is 21.8. The molecule has 5 unspecified atom stereocenters. The molecule has 1 aliphatic heterocycles. The van der Waals surface area contributed by atoms with Crippen LogP contribution in [0.5, 0.6) is 0 Å². The van der Waals surface area contributed by atoms with Crippen molar-refractivity contribution in [2.24, 2.45) is 23.7 Å². The average molecular weight is 636 g/mol. The molecule has 2 nitrogen and oxygen atoms in total. The molecule has 5 aliphatic rings. The van der Waals surface area contributed by atoms with Gasteiger partial charge >= 0.3 is 35.6 Å². The molecule has 7 atom stereocenters. The fourth-order valence-electron chi connectivity index (χ4n) is 8.47. The normalized spacial score (nSPS) is 32.9. The Balaban J connectivity index is 0.000000810. The van der Waals surface area contributed by atoms with Crippen LogP contribution in [0.1, 0.15) is 18.9 Å². The van der Waals surface area contributed by atoms with Gasteiger partial charge in [0, 0.05) is 6.04 Å². The van der Waals surface area contributed by atoms with Crippen molar-refractivity contribution in [3.8, 4) is 0 Å². The predicted molar refractivity (Wildman–Crippen MR) is 178 cm³/mol. The van der Waals surface area contributed by atoms with Gasteiger partial charge in [0.05, 0.1) is 0 Å². The van der Waals surface area contributed by atoms with Crippen LogP contribution in [0.2, 0.25) is 18.6 Å². The van der Waals surface area contributed by atoms with Crippen LogP contribution >= 0.6 is 18.6 Å². The van der Waals surface area contributed by atoms with E-state index in [0.29, 0.717) is 35.3 Å². The van der Waals surface area contributed by atoms with Crippen LogP contribution in [0.3, 0.4) is 0 Å². The molecule has 0 N–H and O–H groups in total. The van der Waals surface area contributed by atoms with E-state index in [-0.39, 0.29) is 19.6 Å². The van der Waals surface area contributed by atoms with Crippen molar-refractivity contribution in [3.63, 3.8) is 0 Å². The average Bonchev–Trinajstić information content (AvgIpc) is 3.54. The molecule has 1 saturated heterocycles. The van der Waals surface area contributed by atoms with Gasteiger partial charge in [0.15, 0.2) is 0 Å². The first-order chi connectivity index (χ1) is 19.5. The second kappa shape index (κ2) is 13.1. The van der Waals surface area contributed by atoms with Crippen LogP contribution in [-0.4, -0.2) is 31.1 Å². The molecule has 0 amide bonds. The summed E-state index contributed by atoms with van der Waals surface area (Å²) in [5, 5.41) is 8.24. The summed E-state index contributed by atoms with van der Waals surface area (Å²) in [5.74, 6) is 2.48. The molecule has 41 heavy (non-hydrogen) atoms. The van der Waals surface area contributed by atoms with Gasteiger partial charge in [-0.3, -0.25) is 0 Å². The van der Waals surface area contributed by atoms with E-state index in [2.05, 4.69) is 134 Å². The van der Waals surface area contributed by atoms with Crippen molar-refractivity contribution in [2.45, 2.75) is 50.2 Å². The number of benzene rings is 2. The minimum absolute atomic E-state index is 0. The molecule has 7 rings (SSSR count). The Hall–Kier alpha value is -1.43. The van der Waals surface area contributed by atoms with Crippen molar-refractivity contribution < 1.29 is 17.0 Å². The maximum absolute atomic E-state index is 5.60. The van der Waals surface area contributed by atoms with Crippen LogP contribution in [0.15, 0.2) is 109 Å². The molecule has 0 radical (unpaired) electrons. The Labute approximate surface area is 264 Å². The molecule has 4 aliphatic carbocycles. The van der Waals surface area contributed by atoms with Gasteiger partial charge in [-0.25, -0.2) is 0 Å². The first kappa shape index (κ1) is 31.0. The van der Waals surface area contributed by atoms with Gasteiger partial charge in [-0.1, -0.05) is 154 Å². The molecule has 0 aromatic heterocycles. The zero-order valence-corrected chi connectivity index (χ0v) is 28.4. The number of halogens is 2. The van der Waals surface area contributed by atoms with E-state index in [1.165, 1.54) is 21.9 Å². The molecule has 2 fully saturated rings. The van der Waals surface area contributed by atoms with E-state index in [1.54, 1.807) is 0 Å². The third kappa shape index (κ3) is 5.42. The van der Waals surface area contributed by atoms with Gasteiger partial charge in [0.1, 0.15) is 8.24 Å². The van der Waals surface area contributed by atoms with Crippen molar-refractivity contribution in [1.82, 2.24) is 4.57 Å². The summed E-state index contributed by atoms with van der Waals surface area (Å²) < 4.78 is 2.94. The summed E-state index contributed by atoms with van der Waals surface area (Å²) in [6.45, 7) is 7.64. The van der Waals surface area contributed by atoms with Gasteiger partial charge in [0.2, 0.25) is 0 Å². The van der Waals surface area contributed by atoms with E-state index in [0.717, 1.165) is 6.42 Å². The van der Waals surface area contributed by atoms with Crippen LogP contribution < -0.4 is 0 Å². The monoisotopic (exact) mass is 634 g/mol. The summed E-state index contributed by atoms with van der Waals surface area (Å²) in [5.41, 5.74) is 3.41. The number of rotatable bonds is 4. The molecule has 0 bridgehead atoms. The van der Waals surface area contributed by atoms with Gasteiger partial charge in [-0.05, 0) is 45.5 Å². The Morgan fingerprint density at radius 3 is 2.02 bits per heavy atom. The van der Waals surface area contributed by atoms with Gasteiger partial charge in [-0.15, -0.1) is 0 Å². The van der Waals surface area contributed by atoms with E-state index >= 15 is 0 Å². The molecule has 1 heterocycles. The molecular weight excluding hydrogens is 595 g/mol. The SMILES string of the molecule is CC[C@H]1[N-]C2C(c3cccc4ccccc34)=CC=C[C@H]2N1[Si](C)(C)C1C2C=CC=CC2C2C=CC=CC21.[CH3-].[Cl][Ti][Cl]. The molecule has 1 saturated carbocycles. The Morgan fingerprint density at radius 2 is 1.39 bits per heavy atom. The van der Waals surface area contributed by atoms with Crippen LogP contribution in [0.4, 0.5) is 0 Å². The zero-order valence-electron chi connectivity index (χ0n) is 24.4. The topological polar surface area (TPSA) is 17.3 Å². The Morgan fingerprint density at radius 1 is 0.805 bits per heavy atom. The number of nitrogens with zero attached hydrogens (tertiary/aromatic N) is 2. The van der Waals surface area contributed by atoms with Crippen molar-refractivity contribution >= 4 is 43.2 Å². The summed E-state index contributed by atoms with van der Waals surface area (Å²) in [4.78, 5) is 0. The Bertz CT molecular complexity index is 1390. The second-order valence-electron chi connectivity index (χ2n) is 12.0. The van der Waals surface area contributed by atoms with Gasteiger partial charge in [-0.2, -0.15) is 0 Å². The van der Waals surface area contributed by atoms with Crippen LogP contribution in [-0.2, 0) is 17.0 Å². The van der Waals surface area contributed by atoms with E-state index in [9.17, 15) is 0 Å². The molecule has 214 valence electrons. The molecule has 0 spiro atoms. The third-order valence-electron chi connectivity index (χ3n) is 9.87. The molecule has 2 aromatic rings. The van der Waals surface area contributed by atoms with Crippen molar-refractivity contribution in [2.75, 3.05) is 0 Å². The summed E-state index contributed by atoms with van der Waals surface area (Å²) in [6.07, 6.45) is 27.7. The third-order valence-corrected chi connectivity index (χ3v) is 14.2. The molecular formula is C35H40Cl2N2SiTi-2. The van der Waals surface area contributed by atoms with Crippen molar-refractivity contribution in [3.05, 3.63) is 128 Å².